The first kappa shape index (κ1) is 19.1. The van der Waals surface area contributed by atoms with Crippen LogP contribution < -0.4 is 4.90 Å². The van der Waals surface area contributed by atoms with Gasteiger partial charge in [-0.2, -0.15) is 0 Å². The van der Waals surface area contributed by atoms with Crippen molar-refractivity contribution >= 4 is 11.9 Å². The molecule has 2 atom stereocenters. The van der Waals surface area contributed by atoms with Gasteiger partial charge in [0, 0.05) is 45.6 Å². The molecule has 0 aliphatic carbocycles. The fraction of sp³-hybridized carbons (Fsp3) is 0.842. The first-order chi connectivity index (χ1) is 12.5. The van der Waals surface area contributed by atoms with Crippen LogP contribution in [0.15, 0.2) is 0 Å². The molecular weight excluding hydrogens is 330 g/mol. The van der Waals surface area contributed by atoms with Crippen molar-refractivity contribution < 1.29 is 9.53 Å². The third-order valence-corrected chi connectivity index (χ3v) is 5.79. The maximum Gasteiger partial charge on any atom is 0.227 e. The van der Waals surface area contributed by atoms with Crippen molar-refractivity contribution in [2.24, 2.45) is 5.92 Å². The normalized spacial score (nSPS) is 22.6. The van der Waals surface area contributed by atoms with E-state index in [0.29, 0.717) is 5.92 Å². The van der Waals surface area contributed by atoms with Gasteiger partial charge < -0.3 is 14.5 Å². The van der Waals surface area contributed by atoms with Crippen molar-refractivity contribution in [1.82, 2.24) is 19.7 Å². The topological polar surface area (TPSA) is 63.5 Å². The second kappa shape index (κ2) is 8.37. The van der Waals surface area contributed by atoms with Gasteiger partial charge in [0.1, 0.15) is 5.82 Å². The highest BCUT2D eigenvalue weighted by molar-refractivity contribution is 5.78. The predicted molar refractivity (Wildman–Crippen MR) is 101 cm³/mol. The molecule has 2 aliphatic heterocycles. The number of piperidine rings is 1. The lowest BCUT2D eigenvalue weighted by molar-refractivity contribution is -0.133. The standard InChI is InChI=1S/C19H33N5O2/c1-5-14(2)17-20-21-19(24(17)13-16-7-6-12-26-16)23-10-8-15(9-11-23)18(25)22(3)4/h14-16H,5-13H2,1-4H3/t14-,16+/m0/s1. The molecule has 7 nitrogen and oxygen atoms in total. The number of aromatic nitrogens is 3. The summed E-state index contributed by atoms with van der Waals surface area (Å²) < 4.78 is 8.14. The predicted octanol–water partition coefficient (Wildman–Crippen LogP) is 2.28. The molecule has 1 aromatic rings. The summed E-state index contributed by atoms with van der Waals surface area (Å²) in [4.78, 5) is 16.2. The lowest BCUT2D eigenvalue weighted by Gasteiger charge is -2.33. The Morgan fingerprint density at radius 3 is 2.58 bits per heavy atom. The highest BCUT2D eigenvalue weighted by atomic mass is 16.5. The molecule has 0 spiro atoms. The van der Waals surface area contributed by atoms with Crippen molar-refractivity contribution in [2.45, 2.75) is 64.5 Å². The van der Waals surface area contributed by atoms with Gasteiger partial charge in [0.05, 0.1) is 12.6 Å². The van der Waals surface area contributed by atoms with E-state index in [2.05, 4.69) is 33.5 Å². The number of rotatable bonds is 6. The number of ether oxygens (including phenoxy) is 1. The summed E-state index contributed by atoms with van der Waals surface area (Å²) in [5, 5.41) is 9.07. The van der Waals surface area contributed by atoms with Crippen LogP contribution in [-0.4, -0.2) is 65.5 Å². The average Bonchev–Trinajstić information content (AvgIpc) is 3.31. The van der Waals surface area contributed by atoms with Crippen molar-refractivity contribution in [3.63, 3.8) is 0 Å². The summed E-state index contributed by atoms with van der Waals surface area (Å²) in [6, 6.07) is 0. The molecule has 3 rings (SSSR count). The van der Waals surface area contributed by atoms with Crippen LogP contribution in [0.2, 0.25) is 0 Å². The van der Waals surface area contributed by atoms with Gasteiger partial charge in [-0.05, 0) is 32.1 Å². The number of nitrogens with zero attached hydrogens (tertiary/aromatic N) is 5. The number of hydrogen-bond acceptors (Lipinski definition) is 5. The van der Waals surface area contributed by atoms with E-state index in [9.17, 15) is 4.79 Å². The molecule has 1 amide bonds. The van der Waals surface area contributed by atoms with E-state index in [0.717, 1.165) is 70.1 Å². The smallest absolute Gasteiger partial charge is 0.227 e. The minimum Gasteiger partial charge on any atom is -0.376 e. The lowest BCUT2D eigenvalue weighted by Crippen LogP contribution is -2.41. The van der Waals surface area contributed by atoms with Gasteiger partial charge in [-0.15, -0.1) is 10.2 Å². The Bertz CT molecular complexity index is 601. The molecule has 0 radical (unpaired) electrons. The van der Waals surface area contributed by atoms with Crippen LogP contribution in [-0.2, 0) is 16.1 Å². The molecule has 7 heteroatoms. The molecule has 0 aromatic carbocycles. The summed E-state index contributed by atoms with van der Waals surface area (Å²) >= 11 is 0. The quantitative estimate of drug-likeness (QED) is 0.776. The third-order valence-electron chi connectivity index (χ3n) is 5.79. The Hall–Kier alpha value is -1.63. The van der Waals surface area contributed by atoms with Gasteiger partial charge in [0.25, 0.3) is 0 Å². The van der Waals surface area contributed by atoms with Crippen LogP contribution in [0.25, 0.3) is 0 Å². The Kier molecular flexibility index (Phi) is 6.16. The highest BCUT2D eigenvalue weighted by Gasteiger charge is 2.30. The van der Waals surface area contributed by atoms with Crippen LogP contribution in [0.1, 0.15) is 57.7 Å². The van der Waals surface area contributed by atoms with E-state index in [1.165, 1.54) is 0 Å². The number of anilines is 1. The highest BCUT2D eigenvalue weighted by Crippen LogP contribution is 2.28. The Morgan fingerprint density at radius 1 is 1.27 bits per heavy atom. The number of amides is 1. The summed E-state index contributed by atoms with van der Waals surface area (Å²) in [5.41, 5.74) is 0. The summed E-state index contributed by atoms with van der Waals surface area (Å²) in [5.74, 6) is 2.76. The van der Waals surface area contributed by atoms with E-state index in [1.807, 2.05) is 14.1 Å². The van der Waals surface area contributed by atoms with E-state index in [1.54, 1.807) is 4.90 Å². The molecule has 2 fully saturated rings. The van der Waals surface area contributed by atoms with Crippen LogP contribution in [0, 0.1) is 5.92 Å². The van der Waals surface area contributed by atoms with Gasteiger partial charge in [0.2, 0.25) is 11.9 Å². The van der Waals surface area contributed by atoms with Crippen LogP contribution in [0.4, 0.5) is 5.95 Å². The molecule has 0 bridgehead atoms. The van der Waals surface area contributed by atoms with Gasteiger partial charge in [-0.3, -0.25) is 9.36 Å². The minimum absolute atomic E-state index is 0.129. The summed E-state index contributed by atoms with van der Waals surface area (Å²) in [6.07, 6.45) is 5.31. The zero-order valence-electron chi connectivity index (χ0n) is 16.6. The molecule has 146 valence electrons. The lowest BCUT2D eigenvalue weighted by atomic mass is 9.96. The minimum atomic E-state index is 0.129. The van der Waals surface area contributed by atoms with Gasteiger partial charge in [0.15, 0.2) is 0 Å². The van der Waals surface area contributed by atoms with E-state index in [-0.39, 0.29) is 17.9 Å². The Balaban J connectivity index is 1.74. The van der Waals surface area contributed by atoms with E-state index >= 15 is 0 Å². The number of carbonyl (C=O) groups is 1. The summed E-state index contributed by atoms with van der Waals surface area (Å²) in [7, 11) is 3.68. The molecule has 0 saturated carbocycles. The third kappa shape index (κ3) is 4.03. The van der Waals surface area contributed by atoms with Crippen molar-refractivity contribution in [2.75, 3.05) is 38.7 Å². The Labute approximate surface area is 156 Å². The second-order valence-electron chi connectivity index (χ2n) is 7.91. The fourth-order valence-corrected chi connectivity index (χ4v) is 3.95. The van der Waals surface area contributed by atoms with E-state index < -0.39 is 0 Å². The van der Waals surface area contributed by atoms with Crippen molar-refractivity contribution in [3.8, 4) is 0 Å². The zero-order valence-corrected chi connectivity index (χ0v) is 16.6. The Morgan fingerprint density at radius 2 is 2.00 bits per heavy atom. The molecule has 26 heavy (non-hydrogen) atoms. The molecule has 1 aromatic heterocycles. The summed E-state index contributed by atoms with van der Waals surface area (Å²) in [6.45, 7) is 7.80. The van der Waals surface area contributed by atoms with Crippen LogP contribution in [0.3, 0.4) is 0 Å². The molecule has 0 unspecified atom stereocenters. The van der Waals surface area contributed by atoms with Crippen LogP contribution in [0.5, 0.6) is 0 Å². The number of carbonyl (C=O) groups excluding carboxylic acids is 1. The molecule has 2 aliphatic rings. The van der Waals surface area contributed by atoms with Gasteiger partial charge >= 0.3 is 0 Å². The SMILES string of the molecule is CC[C@H](C)c1nnc(N2CCC(C(=O)N(C)C)CC2)n1C[C@H]1CCCO1. The van der Waals surface area contributed by atoms with Crippen molar-refractivity contribution in [1.29, 1.82) is 0 Å². The van der Waals surface area contributed by atoms with Gasteiger partial charge in [-0.25, -0.2) is 0 Å². The monoisotopic (exact) mass is 363 g/mol. The van der Waals surface area contributed by atoms with Crippen molar-refractivity contribution in [3.05, 3.63) is 5.82 Å². The zero-order chi connectivity index (χ0) is 18.7. The maximum atomic E-state index is 12.2. The van der Waals surface area contributed by atoms with Crippen LogP contribution >= 0.6 is 0 Å². The van der Waals surface area contributed by atoms with E-state index in [4.69, 9.17) is 4.74 Å². The molecule has 2 saturated heterocycles. The molecule has 0 N–H and O–H groups in total. The first-order valence-corrected chi connectivity index (χ1v) is 10.0. The van der Waals surface area contributed by atoms with Gasteiger partial charge in [-0.1, -0.05) is 13.8 Å². The first-order valence-electron chi connectivity index (χ1n) is 10.0. The number of hydrogen-bond donors (Lipinski definition) is 0. The largest absolute Gasteiger partial charge is 0.376 e. The fourth-order valence-electron chi connectivity index (χ4n) is 3.95. The second-order valence-corrected chi connectivity index (χ2v) is 7.91. The average molecular weight is 364 g/mol. The molecule has 3 heterocycles. The maximum absolute atomic E-state index is 12.2. The molecular formula is C19H33N5O2.